The van der Waals surface area contributed by atoms with Crippen molar-refractivity contribution >= 4 is 17.9 Å². The van der Waals surface area contributed by atoms with E-state index in [9.17, 15) is 4.79 Å². The van der Waals surface area contributed by atoms with Crippen molar-refractivity contribution in [1.82, 2.24) is 0 Å². The van der Waals surface area contributed by atoms with Crippen molar-refractivity contribution in [2.24, 2.45) is 0 Å². The molecule has 0 rings (SSSR count). The summed E-state index contributed by atoms with van der Waals surface area (Å²) in [5.74, 6) is 0.779. The maximum atomic E-state index is 9.83. The normalized spacial score (nSPS) is 11.1. The average molecular weight is 149 g/mol. The first-order chi connectivity index (χ1) is 4.35. The van der Waals surface area contributed by atoms with Crippen molar-refractivity contribution in [2.45, 2.75) is 6.92 Å². The predicted molar refractivity (Wildman–Crippen MR) is 36.5 cm³/mol. The number of aldehydes is 1. The molecule has 0 N–H and O–H groups in total. The Labute approximate surface area is 59.5 Å². The molecule has 3 heteroatoms. The first-order valence-electron chi connectivity index (χ1n) is 2.68. The predicted octanol–water partition coefficient (Wildman–Crippen LogP) is 1.34. The molecule has 0 heterocycles. The monoisotopic (exact) mass is 148 g/mol. The summed E-state index contributed by atoms with van der Waals surface area (Å²) in [4.78, 5) is 9.83. The maximum Gasteiger partial charge on any atom is 0.146 e. The number of allylic oxidation sites excluding steroid dienone is 2. The van der Waals surface area contributed by atoms with Crippen molar-refractivity contribution < 1.29 is 9.53 Å². The largest absolute Gasteiger partial charge is 0.497 e. The minimum atomic E-state index is 0.257. The highest BCUT2D eigenvalue weighted by atomic mass is 35.5. The summed E-state index contributed by atoms with van der Waals surface area (Å²) in [5, 5.41) is 0. The van der Waals surface area contributed by atoms with E-state index in [0.717, 1.165) is 0 Å². The molecule has 52 valence electrons. The minimum Gasteiger partial charge on any atom is -0.497 e. The summed E-state index contributed by atoms with van der Waals surface area (Å²) in [5.41, 5.74) is 0. The molecule has 0 aliphatic carbocycles. The number of carbonyl (C=O) groups excluding carboxylic acids is 1. The van der Waals surface area contributed by atoms with Crippen LogP contribution >= 0.6 is 11.6 Å². The van der Waals surface area contributed by atoms with Crippen molar-refractivity contribution in [1.29, 1.82) is 0 Å². The van der Waals surface area contributed by atoms with E-state index in [1.54, 1.807) is 0 Å². The number of ether oxygens (including phenoxy) is 1. The lowest BCUT2D eigenvalue weighted by Gasteiger charge is -2.00. The highest BCUT2D eigenvalue weighted by molar-refractivity contribution is 6.19. The van der Waals surface area contributed by atoms with E-state index in [4.69, 9.17) is 16.3 Å². The van der Waals surface area contributed by atoms with E-state index in [0.29, 0.717) is 18.7 Å². The van der Waals surface area contributed by atoms with Crippen LogP contribution in [-0.4, -0.2) is 18.8 Å². The van der Waals surface area contributed by atoms with Gasteiger partial charge >= 0.3 is 0 Å². The van der Waals surface area contributed by atoms with Gasteiger partial charge in [-0.25, -0.2) is 0 Å². The highest BCUT2D eigenvalue weighted by Crippen LogP contribution is 1.97. The van der Waals surface area contributed by atoms with Gasteiger partial charge in [-0.15, -0.1) is 11.6 Å². The van der Waals surface area contributed by atoms with Crippen LogP contribution in [0.25, 0.3) is 0 Å². The number of hydrogen-bond donors (Lipinski definition) is 0. The molecule has 0 aliphatic rings. The summed E-state index contributed by atoms with van der Waals surface area (Å²) < 4.78 is 4.93. The van der Waals surface area contributed by atoms with Crippen LogP contribution in [0.2, 0.25) is 0 Å². The molecule has 0 aliphatic heterocycles. The summed E-state index contributed by atoms with van der Waals surface area (Å²) in [6.07, 6.45) is 1.98. The van der Waals surface area contributed by atoms with Crippen LogP contribution in [0.1, 0.15) is 6.92 Å². The summed E-state index contributed by atoms with van der Waals surface area (Å²) >= 11 is 5.37. The van der Waals surface area contributed by atoms with Gasteiger partial charge in [-0.05, 0) is 6.92 Å². The Hall–Kier alpha value is -0.500. The second-order valence-electron chi connectivity index (χ2n) is 1.34. The molecule has 9 heavy (non-hydrogen) atoms. The maximum absolute atomic E-state index is 9.83. The average Bonchev–Trinajstić information content (AvgIpc) is 1.88. The van der Waals surface area contributed by atoms with Crippen molar-refractivity contribution in [3.63, 3.8) is 0 Å². The standard InChI is InChI=1S/C6H9ClO2/c1-2-9-6(5-7)3-4-8/h3-4H,2,5H2,1H3. The highest BCUT2D eigenvalue weighted by Gasteiger charge is 1.90. The topological polar surface area (TPSA) is 26.3 Å². The second kappa shape index (κ2) is 5.63. The molecule has 2 nitrogen and oxygen atoms in total. The zero-order valence-corrected chi connectivity index (χ0v) is 6.02. The Morgan fingerprint density at radius 1 is 1.78 bits per heavy atom. The van der Waals surface area contributed by atoms with Crippen LogP contribution in [0.5, 0.6) is 0 Å². The Bertz CT molecular complexity index is 110. The molecular formula is C6H9ClO2. The van der Waals surface area contributed by atoms with Crippen LogP contribution in [0.3, 0.4) is 0 Å². The number of halogens is 1. The molecule has 0 aromatic heterocycles. The minimum absolute atomic E-state index is 0.257. The van der Waals surface area contributed by atoms with Crippen LogP contribution in [0, 0.1) is 0 Å². The zero-order chi connectivity index (χ0) is 7.11. The van der Waals surface area contributed by atoms with Crippen molar-refractivity contribution in [3.8, 4) is 0 Å². The quantitative estimate of drug-likeness (QED) is 0.260. The van der Waals surface area contributed by atoms with Gasteiger partial charge in [-0.3, -0.25) is 4.79 Å². The van der Waals surface area contributed by atoms with E-state index in [1.807, 2.05) is 6.92 Å². The van der Waals surface area contributed by atoms with Crippen molar-refractivity contribution in [3.05, 3.63) is 11.8 Å². The first kappa shape index (κ1) is 8.50. The van der Waals surface area contributed by atoms with Gasteiger partial charge in [-0.2, -0.15) is 0 Å². The van der Waals surface area contributed by atoms with Crippen molar-refractivity contribution in [2.75, 3.05) is 12.5 Å². The molecule has 0 saturated heterocycles. The third-order valence-corrected chi connectivity index (χ3v) is 0.979. The van der Waals surface area contributed by atoms with Gasteiger partial charge < -0.3 is 4.74 Å². The van der Waals surface area contributed by atoms with Crippen LogP contribution in [0.15, 0.2) is 11.8 Å². The molecule has 0 spiro atoms. The van der Waals surface area contributed by atoms with E-state index in [-0.39, 0.29) is 5.88 Å². The lowest BCUT2D eigenvalue weighted by atomic mass is 10.5. The van der Waals surface area contributed by atoms with Gasteiger partial charge in [0.05, 0.1) is 12.5 Å². The molecular weight excluding hydrogens is 140 g/mol. The SMILES string of the molecule is CCOC(=CC=O)CCl. The van der Waals surface area contributed by atoms with Gasteiger partial charge in [0.25, 0.3) is 0 Å². The molecule has 0 amide bonds. The lowest BCUT2D eigenvalue weighted by molar-refractivity contribution is -0.104. The van der Waals surface area contributed by atoms with Crippen LogP contribution < -0.4 is 0 Å². The van der Waals surface area contributed by atoms with Gasteiger partial charge in [0.1, 0.15) is 12.0 Å². The summed E-state index contributed by atoms with van der Waals surface area (Å²) in [6, 6.07) is 0. The van der Waals surface area contributed by atoms with E-state index in [1.165, 1.54) is 6.08 Å². The van der Waals surface area contributed by atoms with Gasteiger partial charge in [0, 0.05) is 6.08 Å². The number of alkyl halides is 1. The number of rotatable bonds is 4. The molecule has 0 fully saturated rings. The fourth-order valence-electron chi connectivity index (χ4n) is 0.393. The number of carbonyl (C=O) groups is 1. The summed E-state index contributed by atoms with van der Waals surface area (Å²) in [7, 11) is 0. The molecule has 0 atom stereocenters. The van der Waals surface area contributed by atoms with E-state index >= 15 is 0 Å². The Morgan fingerprint density at radius 3 is 2.78 bits per heavy atom. The van der Waals surface area contributed by atoms with Crippen LogP contribution in [0.4, 0.5) is 0 Å². The Balaban J connectivity index is 3.66. The third-order valence-electron chi connectivity index (χ3n) is 0.715. The molecule has 0 aromatic rings. The van der Waals surface area contributed by atoms with Gasteiger partial charge in [0.2, 0.25) is 0 Å². The smallest absolute Gasteiger partial charge is 0.146 e. The third kappa shape index (κ3) is 4.03. The number of hydrogen-bond acceptors (Lipinski definition) is 2. The second-order valence-corrected chi connectivity index (χ2v) is 1.60. The molecule has 0 saturated carbocycles. The fraction of sp³-hybridized carbons (Fsp3) is 0.500. The van der Waals surface area contributed by atoms with E-state index in [2.05, 4.69) is 0 Å². The fourth-order valence-corrected chi connectivity index (χ4v) is 0.559. The molecule has 0 radical (unpaired) electrons. The summed E-state index contributed by atoms with van der Waals surface area (Å²) in [6.45, 7) is 2.39. The van der Waals surface area contributed by atoms with Crippen LogP contribution in [-0.2, 0) is 9.53 Å². The van der Waals surface area contributed by atoms with E-state index < -0.39 is 0 Å². The molecule has 0 unspecified atom stereocenters. The zero-order valence-electron chi connectivity index (χ0n) is 5.26. The van der Waals surface area contributed by atoms with Gasteiger partial charge in [-0.1, -0.05) is 0 Å². The molecule has 0 aromatic carbocycles. The Kier molecular flexibility index (Phi) is 5.32. The first-order valence-corrected chi connectivity index (χ1v) is 3.21. The molecule has 0 bridgehead atoms. The van der Waals surface area contributed by atoms with Gasteiger partial charge in [0.15, 0.2) is 0 Å². The lowest BCUT2D eigenvalue weighted by Crippen LogP contribution is -1.92. The Morgan fingerprint density at radius 2 is 2.44 bits per heavy atom.